The van der Waals surface area contributed by atoms with Crippen molar-refractivity contribution >= 4 is 11.8 Å². The summed E-state index contributed by atoms with van der Waals surface area (Å²) in [7, 11) is 3.16. The van der Waals surface area contributed by atoms with Gasteiger partial charge in [0, 0.05) is 12.6 Å². The average Bonchev–Trinajstić information content (AvgIpc) is 2.70. The molecule has 0 fully saturated rings. The van der Waals surface area contributed by atoms with E-state index >= 15 is 0 Å². The van der Waals surface area contributed by atoms with Crippen LogP contribution in [0.5, 0.6) is 11.5 Å². The Morgan fingerprint density at radius 2 is 1.86 bits per heavy atom. The van der Waals surface area contributed by atoms with Crippen molar-refractivity contribution in [1.82, 2.24) is 10.2 Å². The van der Waals surface area contributed by atoms with E-state index in [0.29, 0.717) is 24.5 Å². The quantitative estimate of drug-likeness (QED) is 0.834. The first-order valence-electron chi connectivity index (χ1n) is 9.33. The van der Waals surface area contributed by atoms with Gasteiger partial charge < -0.3 is 19.7 Å². The normalized spacial score (nSPS) is 16.0. The number of fused-ring (bicyclic) bond motifs is 1. The molecule has 0 saturated carbocycles. The molecule has 0 spiro atoms. The third kappa shape index (κ3) is 3.81. The van der Waals surface area contributed by atoms with Crippen molar-refractivity contribution in [3.63, 3.8) is 0 Å². The first kappa shape index (κ1) is 19.7. The lowest BCUT2D eigenvalue weighted by Crippen LogP contribution is -2.50. The summed E-state index contributed by atoms with van der Waals surface area (Å²) in [5, 5.41) is 2.97. The molecule has 1 atom stereocenters. The summed E-state index contributed by atoms with van der Waals surface area (Å²) >= 11 is 0. The lowest BCUT2D eigenvalue weighted by molar-refractivity contribution is -0.143. The Hall–Kier alpha value is -3.02. The Labute approximate surface area is 165 Å². The smallest absolute Gasteiger partial charge is 0.247 e. The minimum absolute atomic E-state index is 0.0278. The summed E-state index contributed by atoms with van der Waals surface area (Å²) in [6, 6.07) is 12.5. The maximum atomic E-state index is 13.1. The van der Waals surface area contributed by atoms with Crippen molar-refractivity contribution in [2.45, 2.75) is 38.9 Å². The average molecular weight is 382 g/mol. The molecule has 0 unspecified atom stereocenters. The number of ether oxygens (including phenoxy) is 2. The SMILES string of the molecule is COc1ccc(CNC(=O)[C@@H]2c3ccccc3CC(=O)N2C(C)C)cc1OC. The fourth-order valence-electron chi connectivity index (χ4n) is 3.64. The van der Waals surface area contributed by atoms with Gasteiger partial charge in [0.1, 0.15) is 6.04 Å². The van der Waals surface area contributed by atoms with Crippen LogP contribution in [0.3, 0.4) is 0 Å². The Morgan fingerprint density at radius 1 is 1.14 bits per heavy atom. The van der Waals surface area contributed by atoms with E-state index in [1.165, 1.54) is 0 Å². The first-order valence-corrected chi connectivity index (χ1v) is 9.33. The minimum Gasteiger partial charge on any atom is -0.493 e. The van der Waals surface area contributed by atoms with E-state index in [1.807, 2.05) is 50.2 Å². The molecule has 2 aromatic rings. The van der Waals surface area contributed by atoms with Gasteiger partial charge in [-0.05, 0) is 42.7 Å². The summed E-state index contributed by atoms with van der Waals surface area (Å²) in [6.07, 6.45) is 0.327. The lowest BCUT2D eigenvalue weighted by Gasteiger charge is -2.39. The zero-order valence-electron chi connectivity index (χ0n) is 16.7. The Morgan fingerprint density at radius 3 is 2.54 bits per heavy atom. The van der Waals surface area contributed by atoms with Crippen LogP contribution in [0, 0.1) is 0 Å². The summed E-state index contributed by atoms with van der Waals surface area (Å²) < 4.78 is 10.6. The molecule has 6 nitrogen and oxygen atoms in total. The van der Waals surface area contributed by atoms with Crippen LogP contribution in [0.1, 0.15) is 36.6 Å². The van der Waals surface area contributed by atoms with Crippen molar-refractivity contribution in [3.8, 4) is 11.5 Å². The van der Waals surface area contributed by atoms with Gasteiger partial charge in [0.15, 0.2) is 11.5 Å². The van der Waals surface area contributed by atoms with Crippen molar-refractivity contribution in [2.24, 2.45) is 0 Å². The number of hydrogen-bond acceptors (Lipinski definition) is 4. The second-order valence-electron chi connectivity index (χ2n) is 7.08. The highest BCUT2D eigenvalue weighted by atomic mass is 16.5. The van der Waals surface area contributed by atoms with E-state index in [9.17, 15) is 9.59 Å². The zero-order chi connectivity index (χ0) is 20.3. The number of rotatable bonds is 6. The standard InChI is InChI=1S/C22H26N2O4/c1-14(2)24-20(25)12-16-7-5-6-8-17(16)21(24)22(26)23-13-15-9-10-18(27-3)19(11-15)28-4/h5-11,14,21H,12-13H2,1-4H3,(H,23,26)/t21-/m0/s1. The number of amides is 2. The van der Waals surface area contributed by atoms with Crippen LogP contribution in [0.15, 0.2) is 42.5 Å². The Kier molecular flexibility index (Phi) is 5.87. The topological polar surface area (TPSA) is 67.9 Å². The second kappa shape index (κ2) is 8.33. The van der Waals surface area contributed by atoms with Crippen molar-refractivity contribution in [3.05, 3.63) is 59.2 Å². The van der Waals surface area contributed by atoms with Gasteiger partial charge in [0.05, 0.1) is 20.6 Å². The van der Waals surface area contributed by atoms with Crippen LogP contribution < -0.4 is 14.8 Å². The molecule has 2 aromatic carbocycles. The Bertz CT molecular complexity index is 879. The van der Waals surface area contributed by atoms with Crippen LogP contribution in [0.25, 0.3) is 0 Å². The van der Waals surface area contributed by atoms with Crippen LogP contribution >= 0.6 is 0 Å². The molecule has 1 aliphatic rings. The number of nitrogens with one attached hydrogen (secondary N) is 1. The zero-order valence-corrected chi connectivity index (χ0v) is 16.7. The molecule has 0 aromatic heterocycles. The molecule has 0 radical (unpaired) electrons. The largest absolute Gasteiger partial charge is 0.493 e. The van der Waals surface area contributed by atoms with Crippen LogP contribution in [-0.4, -0.2) is 37.0 Å². The van der Waals surface area contributed by atoms with Gasteiger partial charge in [-0.1, -0.05) is 30.3 Å². The first-order chi connectivity index (χ1) is 13.5. The van der Waals surface area contributed by atoms with Gasteiger partial charge in [0.2, 0.25) is 11.8 Å². The molecule has 1 heterocycles. The monoisotopic (exact) mass is 382 g/mol. The summed E-state index contributed by atoms with van der Waals surface area (Å²) in [5.41, 5.74) is 2.69. The number of carbonyl (C=O) groups excluding carboxylic acids is 2. The molecule has 0 bridgehead atoms. The van der Waals surface area contributed by atoms with Crippen molar-refractivity contribution < 1.29 is 19.1 Å². The predicted octanol–water partition coefficient (Wildman–Crippen LogP) is 2.85. The van der Waals surface area contributed by atoms with Crippen molar-refractivity contribution in [2.75, 3.05) is 14.2 Å². The second-order valence-corrected chi connectivity index (χ2v) is 7.08. The maximum absolute atomic E-state index is 13.1. The Balaban J connectivity index is 1.83. The van der Waals surface area contributed by atoms with Gasteiger partial charge in [-0.3, -0.25) is 9.59 Å². The summed E-state index contributed by atoms with van der Waals surface area (Å²) in [6.45, 7) is 4.19. The highest BCUT2D eigenvalue weighted by molar-refractivity contribution is 5.92. The number of nitrogens with zero attached hydrogens (tertiary/aromatic N) is 1. The molecule has 2 amide bonds. The summed E-state index contributed by atoms with van der Waals surface area (Å²) in [4.78, 5) is 27.4. The van der Waals surface area contributed by atoms with Crippen LogP contribution in [-0.2, 0) is 22.6 Å². The molecule has 1 N–H and O–H groups in total. The molecule has 28 heavy (non-hydrogen) atoms. The number of hydrogen-bond donors (Lipinski definition) is 1. The molecule has 1 aliphatic heterocycles. The highest BCUT2D eigenvalue weighted by Crippen LogP contribution is 2.32. The van der Waals surface area contributed by atoms with Gasteiger partial charge >= 0.3 is 0 Å². The van der Waals surface area contributed by atoms with Crippen LogP contribution in [0.4, 0.5) is 0 Å². The molecule has 148 valence electrons. The fourth-order valence-corrected chi connectivity index (χ4v) is 3.64. The van der Waals surface area contributed by atoms with E-state index in [4.69, 9.17) is 9.47 Å². The minimum atomic E-state index is -0.627. The van der Waals surface area contributed by atoms with E-state index in [2.05, 4.69) is 5.32 Å². The molecule has 3 rings (SSSR count). The van der Waals surface area contributed by atoms with Gasteiger partial charge in [-0.2, -0.15) is 0 Å². The third-order valence-corrected chi connectivity index (χ3v) is 4.98. The van der Waals surface area contributed by atoms with Crippen molar-refractivity contribution in [1.29, 1.82) is 0 Å². The molecule has 0 aliphatic carbocycles. The molecular weight excluding hydrogens is 356 g/mol. The van der Waals surface area contributed by atoms with Gasteiger partial charge in [-0.25, -0.2) is 0 Å². The number of carbonyl (C=O) groups is 2. The number of methoxy groups -OCH3 is 2. The fraction of sp³-hybridized carbons (Fsp3) is 0.364. The van der Waals surface area contributed by atoms with E-state index in [1.54, 1.807) is 25.2 Å². The van der Waals surface area contributed by atoms with Gasteiger partial charge in [-0.15, -0.1) is 0 Å². The summed E-state index contributed by atoms with van der Waals surface area (Å²) in [5.74, 6) is 1.02. The van der Waals surface area contributed by atoms with E-state index in [0.717, 1.165) is 16.7 Å². The van der Waals surface area contributed by atoms with Crippen LogP contribution in [0.2, 0.25) is 0 Å². The predicted molar refractivity (Wildman–Crippen MR) is 106 cm³/mol. The maximum Gasteiger partial charge on any atom is 0.247 e. The molecule has 6 heteroatoms. The number of benzene rings is 2. The highest BCUT2D eigenvalue weighted by Gasteiger charge is 2.38. The molecule has 0 saturated heterocycles. The molecular formula is C22H26N2O4. The van der Waals surface area contributed by atoms with Gasteiger partial charge in [0.25, 0.3) is 0 Å². The van der Waals surface area contributed by atoms with E-state index < -0.39 is 6.04 Å². The third-order valence-electron chi connectivity index (χ3n) is 4.98. The lowest BCUT2D eigenvalue weighted by atomic mass is 9.90. The van der Waals surface area contributed by atoms with E-state index in [-0.39, 0.29) is 17.9 Å².